The first-order chi connectivity index (χ1) is 46.3. The molecule has 3 saturated heterocycles. The zero-order valence-electron chi connectivity index (χ0n) is 58.1. The van der Waals surface area contributed by atoms with Gasteiger partial charge in [-0.25, -0.2) is 0 Å². The highest BCUT2D eigenvalue weighted by Crippen LogP contribution is 2.33. The second kappa shape index (κ2) is 56.5. The van der Waals surface area contributed by atoms with Crippen LogP contribution in [0, 0.1) is 0 Å². The van der Waals surface area contributed by atoms with Gasteiger partial charge in [0.15, 0.2) is 18.9 Å². The summed E-state index contributed by atoms with van der Waals surface area (Å²) in [6.45, 7) is 1.60. The molecular formula is C76H131NO18. The number of allylic oxidation sites excluding steroid dienone is 15. The molecule has 12 N–H and O–H groups in total. The van der Waals surface area contributed by atoms with Crippen molar-refractivity contribution in [3.05, 3.63) is 97.2 Å². The minimum atomic E-state index is -1.99. The second-order valence-corrected chi connectivity index (χ2v) is 26.0. The summed E-state index contributed by atoms with van der Waals surface area (Å²) in [6, 6.07) is -0.997. The van der Waals surface area contributed by atoms with Crippen LogP contribution in [0.3, 0.4) is 0 Å². The van der Waals surface area contributed by atoms with Crippen molar-refractivity contribution in [2.45, 2.75) is 349 Å². The third kappa shape index (κ3) is 37.6. The Morgan fingerprint density at radius 3 is 1.18 bits per heavy atom. The Labute approximate surface area is 571 Å². The first kappa shape index (κ1) is 85.9. The van der Waals surface area contributed by atoms with E-state index in [0.29, 0.717) is 12.8 Å². The molecule has 95 heavy (non-hydrogen) atoms. The SMILES string of the molecule is CC/C=C\C/C=C\C/C=C\C/C=C\C/C=C\C/C=C\CCCCCCCCCCCCCCC(=O)NC(COC1OC(CO)C(OC2OC(CO)C(OC3OC(CO)C(O)C(O)C3O)C(O)C2O)C(O)C1O)C(O)/C=C/CC/C=C/CCCCCCCCCCCCCCC. The van der Waals surface area contributed by atoms with Crippen LogP contribution in [0.5, 0.6) is 0 Å². The third-order valence-corrected chi connectivity index (χ3v) is 17.9. The van der Waals surface area contributed by atoms with Crippen molar-refractivity contribution in [1.82, 2.24) is 5.32 Å². The monoisotopic (exact) mass is 1350 g/mol. The molecule has 1 amide bonds. The largest absolute Gasteiger partial charge is 0.394 e. The number of unbranched alkanes of at least 4 members (excludes halogenated alkanes) is 26. The second-order valence-electron chi connectivity index (χ2n) is 26.0. The van der Waals surface area contributed by atoms with Gasteiger partial charge in [-0.3, -0.25) is 4.79 Å². The van der Waals surface area contributed by atoms with Gasteiger partial charge in [0.1, 0.15) is 73.2 Å². The van der Waals surface area contributed by atoms with Gasteiger partial charge in [0.2, 0.25) is 5.91 Å². The summed E-state index contributed by atoms with van der Waals surface area (Å²) in [5.74, 6) is -0.290. The van der Waals surface area contributed by atoms with Gasteiger partial charge in [0, 0.05) is 6.42 Å². The topological polar surface area (TPSA) is 307 Å². The molecule has 0 radical (unpaired) electrons. The maximum atomic E-state index is 13.4. The predicted molar refractivity (Wildman–Crippen MR) is 374 cm³/mol. The van der Waals surface area contributed by atoms with E-state index in [1.165, 1.54) is 122 Å². The summed E-state index contributed by atoms with van der Waals surface area (Å²) in [7, 11) is 0. The van der Waals surface area contributed by atoms with E-state index in [1.807, 2.05) is 6.08 Å². The number of rotatable bonds is 56. The lowest BCUT2D eigenvalue weighted by molar-refractivity contribution is -0.379. The fraction of sp³-hybridized carbons (Fsp3) is 0.776. The lowest BCUT2D eigenvalue weighted by Crippen LogP contribution is -2.66. The van der Waals surface area contributed by atoms with Crippen molar-refractivity contribution in [2.24, 2.45) is 0 Å². The first-order valence-electron chi connectivity index (χ1n) is 37.0. The van der Waals surface area contributed by atoms with Crippen molar-refractivity contribution in [3.8, 4) is 0 Å². The Hall–Kier alpha value is -3.29. The van der Waals surface area contributed by atoms with E-state index < -0.39 is 124 Å². The maximum Gasteiger partial charge on any atom is 0.220 e. The number of aliphatic hydroxyl groups excluding tert-OH is 11. The summed E-state index contributed by atoms with van der Waals surface area (Å²) in [4.78, 5) is 13.4. The Kier molecular flexibility index (Phi) is 51.1. The van der Waals surface area contributed by atoms with Crippen molar-refractivity contribution >= 4 is 5.91 Å². The molecule has 0 aliphatic carbocycles. The number of amides is 1. The van der Waals surface area contributed by atoms with Gasteiger partial charge in [0.25, 0.3) is 0 Å². The molecule has 0 aromatic heterocycles. The van der Waals surface area contributed by atoms with Crippen LogP contribution >= 0.6 is 0 Å². The average Bonchev–Trinajstić information content (AvgIpc) is 0.787. The lowest BCUT2D eigenvalue weighted by Gasteiger charge is -2.48. The molecule has 0 bridgehead atoms. The van der Waals surface area contributed by atoms with Gasteiger partial charge in [0.05, 0.1) is 38.6 Å². The van der Waals surface area contributed by atoms with E-state index >= 15 is 0 Å². The summed E-state index contributed by atoms with van der Waals surface area (Å²) in [5, 5.41) is 121. The number of hydrogen-bond acceptors (Lipinski definition) is 18. The molecular weight excluding hydrogens is 1210 g/mol. The fourth-order valence-corrected chi connectivity index (χ4v) is 11.9. The molecule has 0 aromatic rings. The summed E-state index contributed by atoms with van der Waals surface area (Å²) in [6.07, 6.45) is 48.1. The van der Waals surface area contributed by atoms with Crippen LogP contribution in [0.15, 0.2) is 97.2 Å². The van der Waals surface area contributed by atoms with Crippen molar-refractivity contribution in [2.75, 3.05) is 26.4 Å². The van der Waals surface area contributed by atoms with E-state index in [0.717, 1.165) is 89.9 Å². The predicted octanol–water partition coefficient (Wildman–Crippen LogP) is 10.8. The highest BCUT2D eigenvalue weighted by molar-refractivity contribution is 5.76. The quantitative estimate of drug-likeness (QED) is 0.0199. The van der Waals surface area contributed by atoms with Crippen molar-refractivity contribution in [1.29, 1.82) is 0 Å². The molecule has 19 nitrogen and oxygen atoms in total. The molecule has 19 heteroatoms. The number of aliphatic hydroxyl groups is 11. The van der Waals surface area contributed by atoms with Gasteiger partial charge >= 0.3 is 0 Å². The van der Waals surface area contributed by atoms with Gasteiger partial charge in [-0.15, -0.1) is 0 Å². The van der Waals surface area contributed by atoms with Crippen LogP contribution in [0.2, 0.25) is 0 Å². The van der Waals surface area contributed by atoms with Crippen molar-refractivity contribution in [3.63, 3.8) is 0 Å². The first-order valence-corrected chi connectivity index (χ1v) is 37.0. The molecule has 3 aliphatic heterocycles. The lowest BCUT2D eigenvalue weighted by atomic mass is 9.96. The number of carbonyl (C=O) groups is 1. The fourth-order valence-electron chi connectivity index (χ4n) is 11.9. The smallest absolute Gasteiger partial charge is 0.220 e. The molecule has 3 heterocycles. The number of nitrogens with one attached hydrogen (secondary N) is 1. The van der Waals surface area contributed by atoms with Crippen molar-refractivity contribution < 1.29 is 89.4 Å². The minimum absolute atomic E-state index is 0.228. The van der Waals surface area contributed by atoms with E-state index in [9.17, 15) is 61.0 Å². The summed E-state index contributed by atoms with van der Waals surface area (Å²) in [5.41, 5.74) is 0. The van der Waals surface area contributed by atoms with Crippen LogP contribution in [-0.2, 0) is 33.2 Å². The third-order valence-electron chi connectivity index (χ3n) is 17.9. The standard InChI is InChI=1S/C76H131NO18/c1-3-5-7-9-11-13-15-17-19-21-23-24-25-26-27-28-29-30-31-32-33-34-36-38-40-42-44-46-48-50-52-54-64(82)77-59(60(81)53-51-49-47-45-43-41-39-37-35-22-20-18-16-14-12-10-8-6-4-2)58-90-74-70(88)67(85)72(62(56-79)92-74)95-76-71(89)68(86)73(63(57-80)93-76)94-75-69(87)66(84)65(83)61(55-78)91-75/h5,7,11,13,17,19,23-24,26-27,29-30,43,45,51,53,59-63,65-76,78-81,83-89H,3-4,6,8-10,12,14-16,18,20-22,25,28,31-42,44,46-50,52,54-58H2,1-2H3,(H,77,82)/b7-5-,13-11-,19-17-,24-23-,27-26-,30-29-,45-43+,53-51+. The zero-order valence-corrected chi connectivity index (χ0v) is 58.1. The van der Waals surface area contributed by atoms with E-state index in [-0.39, 0.29) is 18.9 Å². The minimum Gasteiger partial charge on any atom is -0.394 e. The van der Waals surface area contributed by atoms with E-state index in [2.05, 4.69) is 104 Å². The van der Waals surface area contributed by atoms with Crippen LogP contribution < -0.4 is 5.32 Å². The Balaban J connectivity index is 1.41. The Bertz CT molecular complexity index is 2100. The number of carbonyl (C=O) groups excluding carboxylic acids is 1. The highest BCUT2D eigenvalue weighted by atomic mass is 16.8. The molecule has 0 aromatic carbocycles. The van der Waals surface area contributed by atoms with E-state index in [4.69, 9.17) is 28.4 Å². The van der Waals surface area contributed by atoms with Crippen LogP contribution in [0.1, 0.15) is 245 Å². The zero-order chi connectivity index (χ0) is 68.9. The number of hydrogen-bond donors (Lipinski definition) is 12. The normalized spacial score (nSPS) is 27.8. The molecule has 3 fully saturated rings. The molecule has 17 unspecified atom stereocenters. The summed E-state index contributed by atoms with van der Waals surface area (Å²) < 4.78 is 34.4. The maximum absolute atomic E-state index is 13.4. The molecule has 0 saturated carbocycles. The molecule has 0 spiro atoms. The molecule has 3 aliphatic rings. The van der Waals surface area contributed by atoms with Gasteiger partial charge in [-0.2, -0.15) is 0 Å². The van der Waals surface area contributed by atoms with Gasteiger partial charge in [-0.1, -0.05) is 252 Å². The Morgan fingerprint density at radius 2 is 0.737 bits per heavy atom. The number of ether oxygens (including phenoxy) is 6. The van der Waals surface area contributed by atoms with Crippen LogP contribution in [0.25, 0.3) is 0 Å². The molecule has 17 atom stereocenters. The van der Waals surface area contributed by atoms with Crippen LogP contribution in [-0.4, -0.2) is 193 Å². The molecule has 548 valence electrons. The van der Waals surface area contributed by atoms with Gasteiger partial charge in [-0.05, 0) is 83.5 Å². The summed E-state index contributed by atoms with van der Waals surface area (Å²) >= 11 is 0. The van der Waals surface area contributed by atoms with Gasteiger partial charge < -0.3 is 89.9 Å². The Morgan fingerprint density at radius 1 is 0.389 bits per heavy atom. The van der Waals surface area contributed by atoms with Crippen LogP contribution in [0.4, 0.5) is 0 Å². The average molecular weight is 1350 g/mol. The van der Waals surface area contributed by atoms with E-state index in [1.54, 1.807) is 6.08 Å². The molecule has 3 rings (SSSR count). The highest BCUT2D eigenvalue weighted by Gasteiger charge is 2.53.